The van der Waals surface area contributed by atoms with Gasteiger partial charge in [0.05, 0.1) is 30.4 Å². The topological polar surface area (TPSA) is 170 Å². The molecule has 3 aromatic carbocycles. The van der Waals surface area contributed by atoms with Crippen LogP contribution in [-0.2, 0) is 14.3 Å². The number of hydrogen-bond acceptors (Lipinski definition) is 8. The molecule has 0 saturated carbocycles. The van der Waals surface area contributed by atoms with E-state index >= 15 is 0 Å². The van der Waals surface area contributed by atoms with Gasteiger partial charge in [-0.1, -0.05) is 36.4 Å². The molecule has 264 valence electrons. The number of nitrogens with one attached hydrogen (secondary N) is 4. The summed E-state index contributed by atoms with van der Waals surface area (Å²) in [6, 6.07) is 22.6. The first kappa shape index (κ1) is 37.1. The molecule has 0 aliphatic carbocycles. The van der Waals surface area contributed by atoms with Gasteiger partial charge < -0.3 is 41.5 Å². The molecule has 1 aliphatic rings. The van der Waals surface area contributed by atoms with Gasteiger partial charge in [0.1, 0.15) is 12.4 Å². The summed E-state index contributed by atoms with van der Waals surface area (Å²) in [5.74, 6) is -0.851. The highest BCUT2D eigenvalue weighted by molar-refractivity contribution is 6.05. The first-order valence-electron chi connectivity index (χ1n) is 16.3. The van der Waals surface area contributed by atoms with Gasteiger partial charge in [-0.2, -0.15) is 0 Å². The van der Waals surface area contributed by atoms with Crippen molar-refractivity contribution in [2.75, 3.05) is 51.0 Å². The second-order valence-corrected chi connectivity index (χ2v) is 12.6. The van der Waals surface area contributed by atoms with Gasteiger partial charge in [-0.25, -0.2) is 9.79 Å². The lowest BCUT2D eigenvalue weighted by Crippen LogP contribution is -2.53. The van der Waals surface area contributed by atoms with Crippen molar-refractivity contribution >= 4 is 46.7 Å². The van der Waals surface area contributed by atoms with Crippen LogP contribution in [0.2, 0.25) is 0 Å². The fourth-order valence-corrected chi connectivity index (χ4v) is 5.65. The lowest BCUT2D eigenvalue weighted by atomic mass is 9.99. The summed E-state index contributed by atoms with van der Waals surface area (Å²) in [7, 11) is 3.89. The van der Waals surface area contributed by atoms with E-state index in [0.29, 0.717) is 40.4 Å². The lowest BCUT2D eigenvalue weighted by molar-refractivity contribution is -0.141. The third-order valence-electron chi connectivity index (χ3n) is 8.04. The lowest BCUT2D eigenvalue weighted by Gasteiger charge is -2.36. The highest BCUT2D eigenvalue weighted by atomic mass is 16.5. The van der Waals surface area contributed by atoms with Gasteiger partial charge in [0.15, 0.2) is 0 Å². The number of amidine groups is 1. The summed E-state index contributed by atoms with van der Waals surface area (Å²) < 4.78 is 5.14. The maximum Gasteiger partial charge on any atom is 0.325 e. The van der Waals surface area contributed by atoms with Crippen molar-refractivity contribution in [3.63, 3.8) is 0 Å². The highest BCUT2D eigenvalue weighted by Gasteiger charge is 2.44. The molecule has 1 atom stereocenters. The van der Waals surface area contributed by atoms with Crippen LogP contribution in [0.3, 0.4) is 0 Å². The maximum absolute atomic E-state index is 14.0. The minimum Gasteiger partial charge on any atom is -0.465 e. The Bertz CT molecular complexity index is 1750. The molecule has 4 rings (SSSR count). The standard InChI is InChI=1S/C37H46N8O5/c1-7-50-32(47)21-39-33-30(22-45(37(33,3)4)36(49)43-31(23-44(5)6)25-12-9-8-10-13-25)34(38)41-28-14-11-15-29(20-28)42-35(48)26-16-18-27(19-17-26)40-24(2)46/h8-20,31,39H,7,21-23H2,1-6H3,(H2,38,41)(H,40,46)(H,42,48)(H,43,49)/t31-/m1/s1. The van der Waals surface area contributed by atoms with E-state index in [2.05, 4.69) is 26.3 Å². The summed E-state index contributed by atoms with van der Waals surface area (Å²) in [6.07, 6.45) is 0. The Morgan fingerprint density at radius 3 is 2.30 bits per heavy atom. The number of likely N-dealkylation sites (N-methyl/N-ethyl adjacent to an activating group) is 1. The number of amides is 4. The molecule has 0 unspecified atom stereocenters. The smallest absolute Gasteiger partial charge is 0.325 e. The Hall–Kier alpha value is -5.69. The van der Waals surface area contributed by atoms with Gasteiger partial charge >= 0.3 is 12.0 Å². The number of carbonyl (C=O) groups excluding carboxylic acids is 4. The van der Waals surface area contributed by atoms with Crippen molar-refractivity contribution < 1.29 is 23.9 Å². The summed E-state index contributed by atoms with van der Waals surface area (Å²) >= 11 is 0. The van der Waals surface area contributed by atoms with Crippen LogP contribution in [0.5, 0.6) is 0 Å². The first-order chi connectivity index (χ1) is 23.8. The van der Waals surface area contributed by atoms with Crippen LogP contribution in [0.15, 0.2) is 95.1 Å². The number of nitrogens with two attached hydrogens (primary N) is 1. The van der Waals surface area contributed by atoms with Gasteiger partial charge in [-0.05, 0) is 82.9 Å². The SMILES string of the molecule is CCOC(=O)CNC1=C(C(N)=Nc2cccc(NC(=O)c3ccc(NC(C)=O)cc3)c2)CN(C(=O)N[C@H](CN(C)C)c2ccccc2)C1(C)C. The molecule has 0 bridgehead atoms. The van der Waals surface area contributed by atoms with Crippen molar-refractivity contribution in [3.8, 4) is 0 Å². The van der Waals surface area contributed by atoms with Gasteiger partial charge in [-0.3, -0.25) is 14.4 Å². The predicted octanol–water partition coefficient (Wildman–Crippen LogP) is 4.40. The average molecular weight is 683 g/mol. The Morgan fingerprint density at radius 1 is 0.960 bits per heavy atom. The van der Waals surface area contributed by atoms with Crippen LogP contribution in [0, 0.1) is 0 Å². The van der Waals surface area contributed by atoms with Crippen molar-refractivity contribution in [2.24, 2.45) is 10.7 Å². The number of nitrogens with zero attached hydrogens (tertiary/aromatic N) is 3. The second kappa shape index (κ2) is 16.6. The van der Waals surface area contributed by atoms with E-state index in [1.165, 1.54) is 6.92 Å². The minimum atomic E-state index is -0.906. The quantitative estimate of drug-likeness (QED) is 0.100. The third-order valence-corrected chi connectivity index (χ3v) is 8.04. The van der Waals surface area contributed by atoms with Crippen molar-refractivity contribution in [2.45, 2.75) is 39.3 Å². The van der Waals surface area contributed by atoms with Crippen molar-refractivity contribution in [1.29, 1.82) is 0 Å². The zero-order valence-corrected chi connectivity index (χ0v) is 29.4. The summed E-state index contributed by atoms with van der Waals surface area (Å²) in [6.45, 7) is 7.71. The van der Waals surface area contributed by atoms with E-state index in [1.54, 1.807) is 60.4 Å². The number of benzene rings is 3. The fourth-order valence-electron chi connectivity index (χ4n) is 5.65. The normalized spacial score (nSPS) is 14.6. The zero-order valence-electron chi connectivity index (χ0n) is 29.4. The minimum absolute atomic E-state index is 0.119. The molecule has 0 saturated heterocycles. The number of carbonyl (C=O) groups is 4. The van der Waals surface area contributed by atoms with Gasteiger partial charge in [0, 0.05) is 41.7 Å². The molecule has 1 heterocycles. The summed E-state index contributed by atoms with van der Waals surface area (Å²) in [5, 5.41) is 11.9. The maximum atomic E-state index is 14.0. The molecule has 6 N–H and O–H groups in total. The van der Waals surface area contributed by atoms with Crippen molar-refractivity contribution in [1.82, 2.24) is 20.4 Å². The van der Waals surface area contributed by atoms with E-state index in [1.807, 2.05) is 63.2 Å². The van der Waals surface area contributed by atoms with E-state index in [4.69, 9.17) is 10.5 Å². The number of esters is 1. The van der Waals surface area contributed by atoms with Crippen LogP contribution in [0.25, 0.3) is 0 Å². The number of hydrogen-bond donors (Lipinski definition) is 5. The van der Waals surface area contributed by atoms with E-state index < -0.39 is 11.5 Å². The first-order valence-corrected chi connectivity index (χ1v) is 16.3. The van der Waals surface area contributed by atoms with Crippen molar-refractivity contribution in [3.05, 3.63) is 101 Å². The average Bonchev–Trinajstić information content (AvgIpc) is 3.33. The molecule has 13 nitrogen and oxygen atoms in total. The molecule has 50 heavy (non-hydrogen) atoms. The Morgan fingerprint density at radius 2 is 1.66 bits per heavy atom. The number of ether oxygens (including phenoxy) is 1. The highest BCUT2D eigenvalue weighted by Crippen LogP contribution is 2.34. The van der Waals surface area contributed by atoms with Gasteiger partial charge in [-0.15, -0.1) is 0 Å². The zero-order chi connectivity index (χ0) is 36.4. The molecular formula is C37H46N8O5. The molecule has 4 amide bonds. The van der Waals surface area contributed by atoms with E-state index in [-0.39, 0.29) is 49.4 Å². The number of rotatable bonds is 13. The van der Waals surface area contributed by atoms with Crippen LogP contribution >= 0.6 is 0 Å². The predicted molar refractivity (Wildman–Crippen MR) is 195 cm³/mol. The molecule has 0 radical (unpaired) electrons. The van der Waals surface area contributed by atoms with Crippen LogP contribution in [-0.4, -0.2) is 85.3 Å². The summed E-state index contributed by atoms with van der Waals surface area (Å²) in [4.78, 5) is 58.9. The van der Waals surface area contributed by atoms with Gasteiger partial charge in [0.2, 0.25) is 5.91 Å². The molecule has 0 fully saturated rings. The molecule has 3 aromatic rings. The third kappa shape index (κ3) is 9.69. The van der Waals surface area contributed by atoms with E-state index in [0.717, 1.165) is 5.56 Å². The Kier molecular flexibility index (Phi) is 12.3. The van der Waals surface area contributed by atoms with Crippen LogP contribution < -0.4 is 27.0 Å². The Balaban J connectivity index is 1.59. The largest absolute Gasteiger partial charge is 0.465 e. The number of anilines is 2. The number of aliphatic imine (C=N–C) groups is 1. The Labute approximate surface area is 292 Å². The molecular weight excluding hydrogens is 636 g/mol. The fraction of sp³-hybridized carbons (Fsp3) is 0.324. The van der Waals surface area contributed by atoms with Crippen LogP contribution in [0.4, 0.5) is 21.9 Å². The van der Waals surface area contributed by atoms with Crippen LogP contribution in [0.1, 0.15) is 49.7 Å². The summed E-state index contributed by atoms with van der Waals surface area (Å²) in [5.41, 5.74) is 9.78. The number of urea groups is 1. The molecule has 13 heteroatoms. The van der Waals surface area contributed by atoms with Gasteiger partial charge in [0.25, 0.3) is 5.91 Å². The second-order valence-electron chi connectivity index (χ2n) is 12.6. The monoisotopic (exact) mass is 682 g/mol. The molecule has 0 aromatic heterocycles. The molecule has 1 aliphatic heterocycles. The molecule has 0 spiro atoms. The van der Waals surface area contributed by atoms with E-state index in [9.17, 15) is 19.2 Å².